The molecule has 0 aromatic heterocycles. The molecule has 2 rings (SSSR count). The zero-order valence-electron chi connectivity index (χ0n) is 10.7. The van der Waals surface area contributed by atoms with Gasteiger partial charge in [0, 0.05) is 6.54 Å². The number of aromatic hydroxyl groups is 1. The lowest BCUT2D eigenvalue weighted by Gasteiger charge is -2.16. The number of hydrogen-bond donors (Lipinski definition) is 2. The normalized spacial score (nSPS) is 11.2. The van der Waals surface area contributed by atoms with Gasteiger partial charge in [-0.05, 0) is 29.8 Å². The van der Waals surface area contributed by atoms with Crippen molar-refractivity contribution in [2.45, 2.75) is 6.10 Å². The number of hydrogen-bond acceptors (Lipinski definition) is 4. The molecular weight excluding hydrogens is 278 g/mol. The average molecular weight is 294 g/mol. The van der Waals surface area contributed by atoms with Crippen LogP contribution in [0.15, 0.2) is 54.6 Å². The molecule has 0 saturated carbocycles. The molecular formula is C15H16ClNO3. The summed E-state index contributed by atoms with van der Waals surface area (Å²) >= 11 is 0. The molecule has 0 amide bonds. The minimum absolute atomic E-state index is 0. The van der Waals surface area contributed by atoms with Crippen molar-refractivity contribution in [3.8, 4) is 5.75 Å². The van der Waals surface area contributed by atoms with E-state index < -0.39 is 12.1 Å². The Hall–Kier alpha value is -2.04. The van der Waals surface area contributed by atoms with Gasteiger partial charge in [0.2, 0.25) is 0 Å². The highest BCUT2D eigenvalue weighted by Crippen LogP contribution is 2.21. The summed E-state index contributed by atoms with van der Waals surface area (Å²) in [5, 5.41) is 9.43. The van der Waals surface area contributed by atoms with Gasteiger partial charge in [-0.3, -0.25) is 0 Å². The number of carbonyl (C=O) groups excluding carboxylic acids is 1. The zero-order valence-corrected chi connectivity index (χ0v) is 11.5. The molecule has 3 N–H and O–H groups in total. The summed E-state index contributed by atoms with van der Waals surface area (Å²) in [4.78, 5) is 11.9. The molecule has 1 atom stereocenters. The highest BCUT2D eigenvalue weighted by atomic mass is 35.5. The predicted molar refractivity (Wildman–Crippen MR) is 79.0 cm³/mol. The van der Waals surface area contributed by atoms with Crippen molar-refractivity contribution in [2.24, 2.45) is 5.73 Å². The van der Waals surface area contributed by atoms with Gasteiger partial charge in [0.1, 0.15) is 11.9 Å². The Balaban J connectivity index is 0.00000200. The molecule has 4 nitrogen and oxygen atoms in total. The molecule has 0 fully saturated rings. The van der Waals surface area contributed by atoms with Crippen LogP contribution in [-0.4, -0.2) is 17.6 Å². The van der Waals surface area contributed by atoms with Crippen LogP contribution < -0.4 is 5.73 Å². The van der Waals surface area contributed by atoms with Crippen molar-refractivity contribution in [1.29, 1.82) is 0 Å². The topological polar surface area (TPSA) is 72.5 Å². The molecule has 2 aromatic carbocycles. The lowest BCUT2D eigenvalue weighted by atomic mass is 10.1. The van der Waals surface area contributed by atoms with E-state index in [-0.39, 0.29) is 24.7 Å². The maximum Gasteiger partial charge on any atom is 0.338 e. The number of benzene rings is 2. The maximum absolute atomic E-state index is 11.9. The second-order valence-electron chi connectivity index (χ2n) is 4.09. The second-order valence-corrected chi connectivity index (χ2v) is 4.09. The van der Waals surface area contributed by atoms with Crippen molar-refractivity contribution in [3.05, 3.63) is 65.7 Å². The summed E-state index contributed by atoms with van der Waals surface area (Å²) < 4.78 is 5.35. The van der Waals surface area contributed by atoms with Crippen LogP contribution in [0.1, 0.15) is 22.0 Å². The average Bonchev–Trinajstić information content (AvgIpc) is 2.45. The van der Waals surface area contributed by atoms with Gasteiger partial charge in [0.25, 0.3) is 0 Å². The first-order valence-corrected chi connectivity index (χ1v) is 5.95. The van der Waals surface area contributed by atoms with Crippen LogP contribution >= 0.6 is 12.4 Å². The van der Waals surface area contributed by atoms with Gasteiger partial charge in [0.05, 0.1) is 5.56 Å². The van der Waals surface area contributed by atoms with E-state index in [2.05, 4.69) is 0 Å². The number of carbonyl (C=O) groups is 1. The van der Waals surface area contributed by atoms with Gasteiger partial charge >= 0.3 is 5.97 Å². The molecule has 0 bridgehead atoms. The van der Waals surface area contributed by atoms with E-state index in [9.17, 15) is 9.90 Å². The van der Waals surface area contributed by atoms with E-state index >= 15 is 0 Å². The standard InChI is InChI=1S/C15H15NO3.ClH/c16-10-14(12-7-4-8-13(17)9-12)19-15(18)11-5-2-1-3-6-11;/h1-9,14,17H,10,16H2;1H. The maximum atomic E-state index is 11.9. The third kappa shape index (κ3) is 3.98. The minimum atomic E-state index is -0.570. The summed E-state index contributed by atoms with van der Waals surface area (Å²) in [6, 6.07) is 15.2. The number of phenolic OH excluding ortho intramolecular Hbond substituents is 1. The number of nitrogens with two attached hydrogens (primary N) is 1. The van der Waals surface area contributed by atoms with Crippen LogP contribution in [0.4, 0.5) is 0 Å². The Morgan fingerprint density at radius 1 is 1.15 bits per heavy atom. The third-order valence-corrected chi connectivity index (χ3v) is 2.71. The molecule has 0 aliphatic heterocycles. The van der Waals surface area contributed by atoms with E-state index in [1.807, 2.05) is 6.07 Å². The van der Waals surface area contributed by atoms with Crippen LogP contribution in [0.3, 0.4) is 0 Å². The van der Waals surface area contributed by atoms with Crippen LogP contribution in [0.2, 0.25) is 0 Å². The van der Waals surface area contributed by atoms with Gasteiger partial charge in [-0.2, -0.15) is 0 Å². The largest absolute Gasteiger partial charge is 0.508 e. The van der Waals surface area contributed by atoms with Gasteiger partial charge in [0.15, 0.2) is 0 Å². The quantitative estimate of drug-likeness (QED) is 0.850. The van der Waals surface area contributed by atoms with Crippen LogP contribution in [0.5, 0.6) is 5.75 Å². The third-order valence-electron chi connectivity index (χ3n) is 2.71. The van der Waals surface area contributed by atoms with Crippen molar-refractivity contribution in [1.82, 2.24) is 0 Å². The zero-order chi connectivity index (χ0) is 13.7. The van der Waals surface area contributed by atoms with Gasteiger partial charge in [-0.15, -0.1) is 12.4 Å². The van der Waals surface area contributed by atoms with Gasteiger partial charge in [-0.25, -0.2) is 4.79 Å². The molecule has 1 unspecified atom stereocenters. The Morgan fingerprint density at radius 2 is 1.85 bits per heavy atom. The first-order valence-electron chi connectivity index (χ1n) is 5.95. The molecule has 5 heteroatoms. The Morgan fingerprint density at radius 3 is 2.45 bits per heavy atom. The first kappa shape index (κ1) is 16.0. The number of rotatable bonds is 4. The highest BCUT2D eigenvalue weighted by molar-refractivity contribution is 5.89. The molecule has 0 aliphatic carbocycles. The molecule has 2 aromatic rings. The lowest BCUT2D eigenvalue weighted by Crippen LogP contribution is -2.19. The second kappa shape index (κ2) is 7.53. The minimum Gasteiger partial charge on any atom is -0.508 e. The van der Waals surface area contributed by atoms with Crippen molar-refractivity contribution >= 4 is 18.4 Å². The lowest BCUT2D eigenvalue weighted by molar-refractivity contribution is 0.0315. The van der Waals surface area contributed by atoms with E-state index in [4.69, 9.17) is 10.5 Å². The monoisotopic (exact) mass is 293 g/mol. The molecule has 0 saturated heterocycles. The van der Waals surface area contributed by atoms with Crippen LogP contribution in [0.25, 0.3) is 0 Å². The number of phenols is 1. The summed E-state index contributed by atoms with van der Waals surface area (Å²) in [5.41, 5.74) is 6.77. The van der Waals surface area contributed by atoms with Crippen LogP contribution in [0, 0.1) is 0 Å². The van der Waals surface area contributed by atoms with Gasteiger partial charge in [-0.1, -0.05) is 30.3 Å². The summed E-state index contributed by atoms with van der Waals surface area (Å²) in [6.07, 6.45) is -0.570. The fourth-order valence-corrected chi connectivity index (χ4v) is 1.75. The predicted octanol–water partition coefficient (Wildman–Crippen LogP) is 2.67. The van der Waals surface area contributed by atoms with Crippen molar-refractivity contribution in [2.75, 3.05) is 6.54 Å². The molecule has 20 heavy (non-hydrogen) atoms. The smallest absolute Gasteiger partial charge is 0.338 e. The number of halogens is 1. The molecule has 0 spiro atoms. The highest BCUT2D eigenvalue weighted by Gasteiger charge is 2.16. The Kier molecular flexibility index (Phi) is 6.03. The Labute approximate surface area is 123 Å². The van der Waals surface area contributed by atoms with Crippen molar-refractivity contribution in [3.63, 3.8) is 0 Å². The van der Waals surface area contributed by atoms with Gasteiger partial charge < -0.3 is 15.6 Å². The fraction of sp³-hybridized carbons (Fsp3) is 0.133. The molecule has 0 heterocycles. The Bertz CT molecular complexity index is 560. The summed E-state index contributed by atoms with van der Waals surface area (Å²) in [5.74, 6) is -0.314. The van der Waals surface area contributed by atoms with Crippen molar-refractivity contribution < 1.29 is 14.6 Å². The summed E-state index contributed by atoms with van der Waals surface area (Å²) in [6.45, 7) is 0.155. The SMILES string of the molecule is Cl.NCC(OC(=O)c1ccccc1)c1cccc(O)c1. The van der Waals surface area contributed by atoms with E-state index in [1.54, 1.807) is 42.5 Å². The summed E-state index contributed by atoms with van der Waals surface area (Å²) in [7, 11) is 0. The number of esters is 1. The molecule has 0 radical (unpaired) electrons. The number of ether oxygens (including phenoxy) is 1. The molecule has 106 valence electrons. The van der Waals surface area contributed by atoms with Crippen LogP contribution in [-0.2, 0) is 4.74 Å². The molecule has 0 aliphatic rings. The fourth-order valence-electron chi connectivity index (χ4n) is 1.75. The van der Waals surface area contributed by atoms with E-state index in [0.29, 0.717) is 11.1 Å². The van der Waals surface area contributed by atoms with E-state index in [1.165, 1.54) is 6.07 Å². The first-order chi connectivity index (χ1) is 9.20. The van der Waals surface area contributed by atoms with E-state index in [0.717, 1.165) is 0 Å².